The van der Waals surface area contributed by atoms with Gasteiger partial charge in [0.15, 0.2) is 0 Å². The number of amides is 1. The Kier molecular flexibility index (Phi) is 7.84. The zero-order chi connectivity index (χ0) is 24.3. The molecule has 1 aliphatic heterocycles. The molecule has 1 aliphatic rings. The number of carbonyl (C=O) groups excluding carboxylic acids is 1. The fourth-order valence-electron chi connectivity index (χ4n) is 3.61. The van der Waals surface area contributed by atoms with Gasteiger partial charge in [-0.15, -0.1) is 0 Å². The van der Waals surface area contributed by atoms with Crippen molar-refractivity contribution >= 4 is 33.2 Å². The van der Waals surface area contributed by atoms with Crippen molar-refractivity contribution < 1.29 is 27.1 Å². The Hall–Kier alpha value is -2.40. The van der Waals surface area contributed by atoms with E-state index in [0.717, 1.165) is 12.6 Å². The number of alkyl halides is 3. The average Bonchev–Trinajstić information content (AvgIpc) is 3.24. The van der Waals surface area contributed by atoms with Crippen molar-refractivity contribution in [3.8, 4) is 5.88 Å². The summed E-state index contributed by atoms with van der Waals surface area (Å²) >= 11 is 3.09. The number of carbonyl (C=O) groups is 1. The van der Waals surface area contributed by atoms with E-state index >= 15 is 0 Å². The Balaban J connectivity index is 1.94. The molecular weight excluding hydrogens is 508 g/mol. The zero-order valence-corrected chi connectivity index (χ0v) is 20.1. The van der Waals surface area contributed by atoms with Gasteiger partial charge in [0, 0.05) is 37.5 Å². The molecule has 180 valence electrons. The molecule has 0 unspecified atom stereocenters. The van der Waals surface area contributed by atoms with E-state index in [9.17, 15) is 22.4 Å². The van der Waals surface area contributed by atoms with Gasteiger partial charge in [0.1, 0.15) is 5.82 Å². The quantitative estimate of drug-likeness (QED) is 0.497. The predicted molar refractivity (Wildman–Crippen MR) is 121 cm³/mol. The van der Waals surface area contributed by atoms with Gasteiger partial charge in [-0.05, 0) is 48.9 Å². The summed E-state index contributed by atoms with van der Waals surface area (Å²) in [7, 11) is 3.89. The lowest BCUT2D eigenvalue weighted by atomic mass is 10.1. The van der Waals surface area contributed by atoms with Crippen molar-refractivity contribution in [1.29, 1.82) is 0 Å². The van der Waals surface area contributed by atoms with E-state index in [1.54, 1.807) is 0 Å². The highest BCUT2D eigenvalue weighted by atomic mass is 79.9. The number of pyridine rings is 1. The smallest absolute Gasteiger partial charge is 0.417 e. The van der Waals surface area contributed by atoms with Gasteiger partial charge in [-0.2, -0.15) is 13.2 Å². The van der Waals surface area contributed by atoms with Gasteiger partial charge in [-0.1, -0.05) is 6.92 Å². The number of halogens is 5. The number of aromatic nitrogens is 1. The molecule has 1 saturated heterocycles. The van der Waals surface area contributed by atoms with Crippen LogP contribution in [0.2, 0.25) is 0 Å². The molecule has 1 aromatic carbocycles. The third-order valence-electron chi connectivity index (χ3n) is 5.40. The van der Waals surface area contributed by atoms with E-state index in [0.29, 0.717) is 31.3 Å². The summed E-state index contributed by atoms with van der Waals surface area (Å²) in [5.41, 5.74) is -1.20. The van der Waals surface area contributed by atoms with Crippen LogP contribution < -0.4 is 15.0 Å². The molecule has 33 heavy (non-hydrogen) atoms. The monoisotopic (exact) mass is 532 g/mol. The van der Waals surface area contributed by atoms with Gasteiger partial charge in [0.25, 0.3) is 5.91 Å². The number of nitrogens with one attached hydrogen (secondary N) is 1. The average molecular weight is 533 g/mol. The number of likely N-dealkylation sites (N-methyl/N-ethyl adjacent to an activating group) is 1. The number of anilines is 2. The predicted octanol–water partition coefficient (Wildman–Crippen LogP) is 5.18. The molecule has 0 saturated carbocycles. The van der Waals surface area contributed by atoms with Crippen molar-refractivity contribution in [2.24, 2.45) is 0 Å². The molecule has 1 amide bonds. The molecule has 1 aromatic heterocycles. The largest absolute Gasteiger partial charge is 0.478 e. The van der Waals surface area contributed by atoms with Crippen molar-refractivity contribution in [3.05, 3.63) is 45.8 Å². The number of nitrogens with zero attached hydrogens (tertiary/aromatic N) is 3. The zero-order valence-electron chi connectivity index (χ0n) is 18.5. The highest BCUT2D eigenvalue weighted by molar-refractivity contribution is 9.10. The van der Waals surface area contributed by atoms with Crippen LogP contribution >= 0.6 is 15.9 Å². The van der Waals surface area contributed by atoms with E-state index in [-0.39, 0.29) is 28.7 Å². The Morgan fingerprint density at radius 1 is 1.33 bits per heavy atom. The van der Waals surface area contributed by atoms with E-state index in [1.165, 1.54) is 12.1 Å². The molecule has 0 bridgehead atoms. The first-order valence-corrected chi connectivity index (χ1v) is 11.2. The second-order valence-electron chi connectivity index (χ2n) is 8.00. The third kappa shape index (κ3) is 5.94. The highest BCUT2D eigenvalue weighted by Gasteiger charge is 2.37. The summed E-state index contributed by atoms with van der Waals surface area (Å²) in [6.45, 7) is 3.22. The van der Waals surface area contributed by atoms with Crippen LogP contribution in [0.3, 0.4) is 0 Å². The first-order chi connectivity index (χ1) is 15.5. The lowest BCUT2D eigenvalue weighted by molar-refractivity contribution is -0.138. The lowest BCUT2D eigenvalue weighted by Crippen LogP contribution is -2.32. The maximum atomic E-state index is 14.3. The SMILES string of the molecule is CCCOc1cc(C(F)(F)F)c(C(=O)Nc2cc(Br)c(F)cc2N2CC[C@@H](N(C)C)C2)cn1. The molecular formula is C22H25BrF4N4O2. The first kappa shape index (κ1) is 25.2. The molecule has 1 N–H and O–H groups in total. The minimum atomic E-state index is -4.79. The second-order valence-corrected chi connectivity index (χ2v) is 8.86. The maximum Gasteiger partial charge on any atom is 0.417 e. The van der Waals surface area contributed by atoms with Crippen LogP contribution in [0.1, 0.15) is 35.7 Å². The van der Waals surface area contributed by atoms with Crippen LogP contribution in [0.5, 0.6) is 5.88 Å². The van der Waals surface area contributed by atoms with E-state index in [4.69, 9.17) is 4.74 Å². The minimum absolute atomic E-state index is 0.0855. The number of benzene rings is 1. The highest BCUT2D eigenvalue weighted by Crippen LogP contribution is 2.37. The van der Waals surface area contributed by atoms with Gasteiger partial charge in [-0.3, -0.25) is 4.79 Å². The van der Waals surface area contributed by atoms with E-state index < -0.39 is 29.0 Å². The molecule has 0 spiro atoms. The van der Waals surface area contributed by atoms with Gasteiger partial charge >= 0.3 is 6.18 Å². The van der Waals surface area contributed by atoms with E-state index in [1.807, 2.05) is 25.9 Å². The van der Waals surface area contributed by atoms with Crippen LogP contribution in [0.15, 0.2) is 28.9 Å². The summed E-state index contributed by atoms with van der Waals surface area (Å²) in [6, 6.07) is 3.57. The summed E-state index contributed by atoms with van der Waals surface area (Å²) < 4.78 is 60.6. The van der Waals surface area contributed by atoms with Crippen LogP contribution in [-0.2, 0) is 6.18 Å². The van der Waals surface area contributed by atoms with Gasteiger partial charge in [0.2, 0.25) is 5.88 Å². The van der Waals surface area contributed by atoms with Crippen LogP contribution in [-0.4, -0.2) is 55.6 Å². The van der Waals surface area contributed by atoms with Crippen LogP contribution in [0, 0.1) is 5.82 Å². The Bertz CT molecular complexity index is 1020. The van der Waals surface area contributed by atoms with Gasteiger partial charge in [0.05, 0.1) is 33.6 Å². The summed E-state index contributed by atoms with van der Waals surface area (Å²) in [5.74, 6) is -1.75. The summed E-state index contributed by atoms with van der Waals surface area (Å²) in [6.07, 6.45) is -2.52. The molecule has 2 aromatic rings. The number of ether oxygens (including phenoxy) is 1. The molecule has 3 rings (SSSR count). The number of rotatable bonds is 7. The molecule has 6 nitrogen and oxygen atoms in total. The molecule has 0 aliphatic carbocycles. The second kappa shape index (κ2) is 10.3. The molecule has 11 heteroatoms. The normalized spacial score (nSPS) is 16.4. The molecule has 2 heterocycles. The Morgan fingerprint density at radius 2 is 2.06 bits per heavy atom. The van der Waals surface area contributed by atoms with E-state index in [2.05, 4.69) is 31.1 Å². The van der Waals surface area contributed by atoms with Crippen molar-refractivity contribution in [2.45, 2.75) is 32.0 Å². The topological polar surface area (TPSA) is 57.7 Å². The minimum Gasteiger partial charge on any atom is -0.478 e. The molecule has 0 radical (unpaired) electrons. The van der Waals surface area contributed by atoms with Crippen molar-refractivity contribution in [2.75, 3.05) is 44.0 Å². The number of hydrogen-bond acceptors (Lipinski definition) is 5. The molecule has 1 fully saturated rings. The fourth-order valence-corrected chi connectivity index (χ4v) is 3.95. The van der Waals surface area contributed by atoms with Crippen LogP contribution in [0.4, 0.5) is 28.9 Å². The Labute approximate surface area is 198 Å². The Morgan fingerprint density at radius 3 is 2.67 bits per heavy atom. The van der Waals surface area contributed by atoms with Crippen molar-refractivity contribution in [1.82, 2.24) is 9.88 Å². The van der Waals surface area contributed by atoms with Gasteiger partial charge < -0.3 is 19.9 Å². The summed E-state index contributed by atoms with van der Waals surface area (Å²) in [5, 5.41) is 2.52. The van der Waals surface area contributed by atoms with Crippen molar-refractivity contribution in [3.63, 3.8) is 0 Å². The summed E-state index contributed by atoms with van der Waals surface area (Å²) in [4.78, 5) is 20.7. The first-order valence-electron chi connectivity index (χ1n) is 10.4. The number of hydrogen-bond donors (Lipinski definition) is 1. The molecule has 1 atom stereocenters. The van der Waals surface area contributed by atoms with Gasteiger partial charge in [-0.25, -0.2) is 9.37 Å². The lowest BCUT2D eigenvalue weighted by Gasteiger charge is -2.25. The maximum absolute atomic E-state index is 14.3. The third-order valence-corrected chi connectivity index (χ3v) is 6.01. The van der Waals surface area contributed by atoms with Crippen LogP contribution in [0.25, 0.3) is 0 Å². The standard InChI is InChI=1S/C22H25BrF4N4O2/c1-4-7-33-20-8-15(22(25,26)27)14(11-28-20)21(32)29-18-9-16(23)17(24)10-19(18)31-6-5-13(12-31)30(2)3/h8-11,13H,4-7,12H2,1-3H3,(H,29,32)/t13-/m1/s1. The fraction of sp³-hybridized carbons (Fsp3) is 0.455.